The maximum Gasteiger partial charge on any atom is 0.335 e. The molecular formula is C17H21N3O5S. The predicted molar refractivity (Wildman–Crippen MR) is 94.4 cm³/mol. The topological polar surface area (TPSA) is 113 Å². The summed E-state index contributed by atoms with van der Waals surface area (Å²) in [7, 11) is -3.29. The van der Waals surface area contributed by atoms with Gasteiger partial charge in [-0.25, -0.2) is 13.2 Å². The summed E-state index contributed by atoms with van der Waals surface area (Å²) in [5.74, 6) is -1.30. The van der Waals surface area contributed by atoms with Gasteiger partial charge in [-0.1, -0.05) is 12.1 Å². The third kappa shape index (κ3) is 4.48. The maximum atomic E-state index is 11.3. The van der Waals surface area contributed by atoms with Crippen LogP contribution in [0.5, 0.6) is 0 Å². The number of aliphatic hydroxyl groups is 1. The van der Waals surface area contributed by atoms with E-state index in [9.17, 15) is 18.3 Å². The van der Waals surface area contributed by atoms with E-state index in [1.165, 1.54) is 0 Å². The molecular weight excluding hydrogens is 358 g/mol. The van der Waals surface area contributed by atoms with Crippen molar-refractivity contribution < 1.29 is 23.4 Å². The SMILES string of the molecule is CS(=O)(=O)CC(O)c1cc2n(n1)CCN(Cc1cccc(C(=O)O)c1)C2. The highest BCUT2D eigenvalue weighted by Crippen LogP contribution is 2.20. The average molecular weight is 379 g/mol. The van der Waals surface area contributed by atoms with Gasteiger partial charge in [0.25, 0.3) is 0 Å². The summed E-state index contributed by atoms with van der Waals surface area (Å²) in [6, 6.07) is 8.57. The van der Waals surface area contributed by atoms with Crippen LogP contribution in [0.3, 0.4) is 0 Å². The van der Waals surface area contributed by atoms with Crippen molar-refractivity contribution in [3.8, 4) is 0 Å². The molecule has 9 heteroatoms. The van der Waals surface area contributed by atoms with E-state index in [1.807, 2.05) is 6.07 Å². The van der Waals surface area contributed by atoms with Crippen molar-refractivity contribution in [2.45, 2.75) is 25.7 Å². The molecule has 0 saturated heterocycles. The van der Waals surface area contributed by atoms with Crippen LogP contribution in [0.1, 0.15) is 33.4 Å². The van der Waals surface area contributed by atoms with Gasteiger partial charge in [0, 0.05) is 25.9 Å². The van der Waals surface area contributed by atoms with Crippen molar-refractivity contribution in [1.29, 1.82) is 0 Å². The summed E-state index contributed by atoms with van der Waals surface area (Å²) < 4.78 is 24.5. The summed E-state index contributed by atoms with van der Waals surface area (Å²) in [6.45, 7) is 2.55. The lowest BCUT2D eigenvalue weighted by Gasteiger charge is -2.27. The molecule has 1 unspecified atom stereocenters. The van der Waals surface area contributed by atoms with Crippen LogP contribution in [-0.4, -0.2) is 57.8 Å². The largest absolute Gasteiger partial charge is 0.478 e. The van der Waals surface area contributed by atoms with Crippen molar-refractivity contribution in [1.82, 2.24) is 14.7 Å². The summed E-state index contributed by atoms with van der Waals surface area (Å²) in [5, 5.41) is 23.5. The normalized spacial score (nSPS) is 16.2. The lowest BCUT2D eigenvalue weighted by Crippen LogP contribution is -2.33. The van der Waals surface area contributed by atoms with Crippen molar-refractivity contribution in [3.63, 3.8) is 0 Å². The highest BCUT2D eigenvalue weighted by atomic mass is 32.2. The van der Waals surface area contributed by atoms with Gasteiger partial charge >= 0.3 is 5.97 Å². The van der Waals surface area contributed by atoms with E-state index in [4.69, 9.17) is 5.11 Å². The standard InChI is InChI=1S/C17H21N3O5S/c1-26(24,25)11-16(21)15-8-14-10-19(5-6-20(14)18-15)9-12-3-2-4-13(7-12)17(22)23/h2-4,7-8,16,21H,5-6,9-11H2,1H3,(H,22,23). The first kappa shape index (κ1) is 18.6. The molecule has 0 spiro atoms. The van der Waals surface area contributed by atoms with Crippen LogP contribution in [0, 0.1) is 0 Å². The minimum Gasteiger partial charge on any atom is -0.478 e. The Morgan fingerprint density at radius 2 is 2.08 bits per heavy atom. The summed E-state index contributed by atoms with van der Waals surface area (Å²) >= 11 is 0. The van der Waals surface area contributed by atoms with E-state index < -0.39 is 21.9 Å². The van der Waals surface area contributed by atoms with E-state index in [0.29, 0.717) is 25.3 Å². The molecule has 0 bridgehead atoms. The van der Waals surface area contributed by atoms with Gasteiger partial charge in [-0.2, -0.15) is 5.10 Å². The number of carboxylic acids is 1. The van der Waals surface area contributed by atoms with Gasteiger partial charge in [0.1, 0.15) is 15.9 Å². The van der Waals surface area contributed by atoms with Crippen molar-refractivity contribution in [2.75, 3.05) is 18.6 Å². The number of nitrogens with zero attached hydrogens (tertiary/aromatic N) is 3. The highest BCUT2D eigenvalue weighted by molar-refractivity contribution is 7.90. The van der Waals surface area contributed by atoms with Gasteiger partial charge in [-0.3, -0.25) is 9.58 Å². The molecule has 2 heterocycles. The van der Waals surface area contributed by atoms with Gasteiger partial charge in [-0.15, -0.1) is 0 Å². The Bertz CT molecular complexity index is 922. The Kier molecular flexibility index (Phi) is 5.12. The Hall–Kier alpha value is -2.23. The number of hydrogen-bond acceptors (Lipinski definition) is 6. The van der Waals surface area contributed by atoms with Crippen LogP contribution in [0.4, 0.5) is 0 Å². The Balaban J connectivity index is 1.70. The molecule has 1 aliphatic rings. The van der Waals surface area contributed by atoms with Crippen molar-refractivity contribution >= 4 is 15.8 Å². The van der Waals surface area contributed by atoms with E-state index in [0.717, 1.165) is 24.1 Å². The quantitative estimate of drug-likeness (QED) is 0.759. The molecule has 0 amide bonds. The number of aromatic nitrogens is 2. The predicted octanol–water partition coefficient (Wildman–Crippen LogP) is 0.675. The summed E-state index contributed by atoms with van der Waals surface area (Å²) in [6.07, 6.45) is -0.0528. The minimum absolute atomic E-state index is 0.260. The zero-order valence-electron chi connectivity index (χ0n) is 14.4. The summed E-state index contributed by atoms with van der Waals surface area (Å²) in [5.41, 5.74) is 2.43. The third-order valence-electron chi connectivity index (χ3n) is 4.28. The highest BCUT2D eigenvalue weighted by Gasteiger charge is 2.23. The van der Waals surface area contributed by atoms with Gasteiger partial charge in [0.05, 0.1) is 29.2 Å². The smallest absolute Gasteiger partial charge is 0.335 e. The van der Waals surface area contributed by atoms with E-state index in [1.54, 1.807) is 28.9 Å². The van der Waals surface area contributed by atoms with Crippen LogP contribution < -0.4 is 0 Å². The van der Waals surface area contributed by atoms with Crippen LogP contribution in [0.2, 0.25) is 0 Å². The molecule has 8 nitrogen and oxygen atoms in total. The first-order valence-corrected chi connectivity index (χ1v) is 10.2. The monoisotopic (exact) mass is 379 g/mol. The number of aliphatic hydroxyl groups excluding tert-OH is 1. The zero-order chi connectivity index (χ0) is 18.9. The number of sulfone groups is 1. The number of fused-ring (bicyclic) bond motifs is 1. The van der Waals surface area contributed by atoms with Gasteiger partial charge < -0.3 is 10.2 Å². The first-order valence-electron chi connectivity index (χ1n) is 8.18. The van der Waals surface area contributed by atoms with Crippen LogP contribution in [0.15, 0.2) is 30.3 Å². The van der Waals surface area contributed by atoms with Crippen LogP contribution >= 0.6 is 0 Å². The van der Waals surface area contributed by atoms with Crippen molar-refractivity contribution in [3.05, 3.63) is 52.8 Å². The Morgan fingerprint density at radius 1 is 1.31 bits per heavy atom. The van der Waals surface area contributed by atoms with Crippen LogP contribution in [0.25, 0.3) is 0 Å². The second-order valence-electron chi connectivity index (χ2n) is 6.61. The fourth-order valence-corrected chi connectivity index (χ4v) is 3.82. The molecule has 0 aliphatic carbocycles. The molecule has 0 fully saturated rings. The maximum absolute atomic E-state index is 11.3. The van der Waals surface area contributed by atoms with Crippen LogP contribution in [-0.2, 0) is 29.5 Å². The number of carboxylic acid groups (broad SMARTS) is 1. The average Bonchev–Trinajstić information content (AvgIpc) is 2.97. The van der Waals surface area contributed by atoms with Gasteiger partial charge in [0.15, 0.2) is 0 Å². The van der Waals surface area contributed by atoms with E-state index in [-0.39, 0.29) is 11.3 Å². The molecule has 2 aromatic rings. The molecule has 3 rings (SSSR count). The number of aromatic carboxylic acids is 1. The number of carbonyl (C=O) groups is 1. The molecule has 0 saturated carbocycles. The Labute approximate surface area is 151 Å². The Morgan fingerprint density at radius 3 is 2.77 bits per heavy atom. The van der Waals surface area contributed by atoms with Gasteiger partial charge in [-0.05, 0) is 23.8 Å². The second kappa shape index (κ2) is 7.18. The molecule has 140 valence electrons. The molecule has 1 aromatic heterocycles. The molecule has 0 radical (unpaired) electrons. The first-order chi connectivity index (χ1) is 12.2. The summed E-state index contributed by atoms with van der Waals surface area (Å²) in [4.78, 5) is 13.2. The molecule has 26 heavy (non-hydrogen) atoms. The fraction of sp³-hybridized carbons (Fsp3) is 0.412. The lowest BCUT2D eigenvalue weighted by molar-refractivity contribution is 0.0696. The number of hydrogen-bond donors (Lipinski definition) is 2. The second-order valence-corrected chi connectivity index (χ2v) is 8.79. The van der Waals surface area contributed by atoms with E-state index >= 15 is 0 Å². The lowest BCUT2D eigenvalue weighted by atomic mass is 10.1. The number of benzene rings is 1. The third-order valence-corrected chi connectivity index (χ3v) is 5.20. The van der Waals surface area contributed by atoms with Crippen molar-refractivity contribution in [2.24, 2.45) is 0 Å². The zero-order valence-corrected chi connectivity index (χ0v) is 15.2. The molecule has 1 atom stereocenters. The number of rotatable bonds is 6. The van der Waals surface area contributed by atoms with Gasteiger partial charge in [0.2, 0.25) is 0 Å². The molecule has 2 N–H and O–H groups in total. The fourth-order valence-electron chi connectivity index (χ4n) is 3.07. The minimum atomic E-state index is -3.29. The van der Waals surface area contributed by atoms with E-state index in [2.05, 4.69) is 10.00 Å². The molecule has 1 aromatic carbocycles. The molecule has 1 aliphatic heterocycles.